The molecule has 0 aromatic heterocycles. The number of nitrogen functional groups attached to an aromatic ring is 1. The summed E-state index contributed by atoms with van der Waals surface area (Å²) in [6.07, 6.45) is 0.137. The molecule has 0 aliphatic rings. The number of anilines is 1. The summed E-state index contributed by atoms with van der Waals surface area (Å²) in [5, 5.41) is 0. The fourth-order valence-corrected chi connectivity index (χ4v) is 3.07. The largest absolute Gasteiger partial charge is 0.413 e. The van der Waals surface area contributed by atoms with Crippen LogP contribution in [0.15, 0.2) is 18.2 Å². The number of benzene rings is 1. The first-order chi connectivity index (χ1) is 7.73. The third kappa shape index (κ3) is 3.58. The van der Waals surface area contributed by atoms with Crippen LogP contribution in [0.3, 0.4) is 0 Å². The van der Waals surface area contributed by atoms with Crippen LogP contribution >= 0.6 is 0 Å². The Morgan fingerprint density at radius 3 is 2.29 bits per heavy atom. The number of hydrogen-bond donors (Lipinski definition) is 1. The molecule has 0 spiro atoms. The van der Waals surface area contributed by atoms with Gasteiger partial charge in [-0.15, -0.1) is 0 Å². The van der Waals surface area contributed by atoms with E-state index in [1.165, 1.54) is 5.56 Å². The highest BCUT2D eigenvalue weighted by Crippen LogP contribution is 2.39. The van der Waals surface area contributed by atoms with Crippen molar-refractivity contribution in [1.82, 2.24) is 0 Å². The van der Waals surface area contributed by atoms with E-state index in [0.717, 1.165) is 11.3 Å². The van der Waals surface area contributed by atoms with E-state index in [1.54, 1.807) is 0 Å². The van der Waals surface area contributed by atoms with E-state index in [9.17, 15) is 0 Å². The predicted molar refractivity (Wildman–Crippen MR) is 77.7 cm³/mol. The lowest BCUT2D eigenvalue weighted by Crippen LogP contribution is -2.26. The average Bonchev–Trinajstić information content (AvgIpc) is 2.17. The first-order valence-electron chi connectivity index (χ1n) is 6.24. The Labute approximate surface area is 107 Å². The Bertz CT molecular complexity index is 382. The minimum Gasteiger partial charge on any atom is -0.413 e. The van der Waals surface area contributed by atoms with Crippen molar-refractivity contribution in [2.45, 2.75) is 46.9 Å². The fraction of sp³-hybridized carbons (Fsp3) is 0.571. The lowest BCUT2D eigenvalue weighted by molar-refractivity contribution is 0.0861. The van der Waals surface area contributed by atoms with Crippen LogP contribution in [0.25, 0.3) is 0 Å². The Morgan fingerprint density at radius 1 is 1.24 bits per heavy atom. The van der Waals surface area contributed by atoms with Crippen molar-refractivity contribution >= 4 is 14.7 Å². The van der Waals surface area contributed by atoms with Gasteiger partial charge in [0.25, 0.3) is 0 Å². The Kier molecular flexibility index (Phi) is 4.39. The Balaban J connectivity index is 3.18. The lowest BCUT2D eigenvalue weighted by atomic mass is 9.83. The molecular weight excluding hydrogens is 226 g/mol. The van der Waals surface area contributed by atoms with Gasteiger partial charge in [0.15, 0.2) is 9.04 Å². The van der Waals surface area contributed by atoms with E-state index < -0.39 is 9.04 Å². The molecule has 17 heavy (non-hydrogen) atoms. The van der Waals surface area contributed by atoms with Crippen molar-refractivity contribution in [3.05, 3.63) is 29.3 Å². The highest BCUT2D eigenvalue weighted by Gasteiger charge is 2.29. The summed E-state index contributed by atoms with van der Waals surface area (Å²) < 4.78 is 6.22. The normalized spacial score (nSPS) is 14.1. The summed E-state index contributed by atoms with van der Waals surface area (Å²) in [5.41, 5.74) is 9.32. The van der Waals surface area contributed by atoms with Gasteiger partial charge in [-0.2, -0.15) is 0 Å². The second kappa shape index (κ2) is 5.23. The van der Waals surface area contributed by atoms with Gasteiger partial charge >= 0.3 is 0 Å². The van der Waals surface area contributed by atoms with Crippen molar-refractivity contribution in [3.8, 4) is 0 Å². The molecule has 0 saturated heterocycles. The smallest absolute Gasteiger partial charge is 0.171 e. The molecule has 1 rings (SSSR count). The molecule has 0 heterocycles. The fourth-order valence-electron chi connectivity index (χ4n) is 1.97. The molecule has 0 amide bonds. The summed E-state index contributed by atoms with van der Waals surface area (Å²) >= 11 is 0. The Morgan fingerprint density at radius 2 is 1.82 bits per heavy atom. The standard InChI is InChI=1S/C14H25NOSi/c1-10-11(8-7-9-12(10)15)13(14(2,3)4)16-17(5)6/h7-9,13,17H,15H2,1-6H3. The van der Waals surface area contributed by atoms with Gasteiger partial charge in [0.2, 0.25) is 0 Å². The molecule has 0 saturated carbocycles. The highest BCUT2D eigenvalue weighted by atomic mass is 28.3. The van der Waals surface area contributed by atoms with Crippen molar-refractivity contribution in [3.63, 3.8) is 0 Å². The monoisotopic (exact) mass is 251 g/mol. The number of hydrogen-bond acceptors (Lipinski definition) is 2. The minimum absolute atomic E-state index is 0.0931. The number of nitrogens with two attached hydrogens (primary N) is 1. The maximum atomic E-state index is 6.22. The second-order valence-corrected chi connectivity index (χ2v) is 8.36. The van der Waals surface area contributed by atoms with Crippen molar-refractivity contribution in [2.75, 3.05) is 5.73 Å². The van der Waals surface area contributed by atoms with Gasteiger partial charge in [0.05, 0.1) is 6.10 Å². The van der Waals surface area contributed by atoms with E-state index in [1.807, 2.05) is 12.1 Å². The zero-order valence-electron chi connectivity index (χ0n) is 11.9. The molecule has 0 bridgehead atoms. The summed E-state index contributed by atoms with van der Waals surface area (Å²) in [4.78, 5) is 0. The van der Waals surface area contributed by atoms with Gasteiger partial charge in [0, 0.05) is 5.69 Å². The van der Waals surface area contributed by atoms with Crippen LogP contribution < -0.4 is 5.73 Å². The SMILES string of the molecule is Cc1c(N)cccc1C(O[SiH](C)C)C(C)(C)C. The third-order valence-electron chi connectivity index (χ3n) is 2.89. The first kappa shape index (κ1) is 14.3. The van der Waals surface area contributed by atoms with Crippen LogP contribution in [0.5, 0.6) is 0 Å². The van der Waals surface area contributed by atoms with Crippen LogP contribution in [0.2, 0.25) is 13.1 Å². The molecule has 2 N–H and O–H groups in total. The first-order valence-corrected chi connectivity index (χ1v) is 9.02. The van der Waals surface area contributed by atoms with Gasteiger partial charge < -0.3 is 10.2 Å². The van der Waals surface area contributed by atoms with E-state index >= 15 is 0 Å². The summed E-state index contributed by atoms with van der Waals surface area (Å²) in [6.45, 7) is 13.2. The van der Waals surface area contributed by atoms with Crippen LogP contribution in [0.1, 0.15) is 38.0 Å². The quantitative estimate of drug-likeness (QED) is 0.657. The topological polar surface area (TPSA) is 35.2 Å². The Hall–Kier alpha value is -0.803. The molecule has 1 unspecified atom stereocenters. The maximum Gasteiger partial charge on any atom is 0.171 e. The zero-order chi connectivity index (χ0) is 13.2. The highest BCUT2D eigenvalue weighted by molar-refractivity contribution is 6.48. The molecule has 3 heteroatoms. The van der Waals surface area contributed by atoms with Gasteiger partial charge in [-0.25, -0.2) is 0 Å². The van der Waals surface area contributed by atoms with Gasteiger partial charge in [-0.05, 0) is 42.6 Å². The van der Waals surface area contributed by atoms with Gasteiger partial charge in [0.1, 0.15) is 0 Å². The van der Waals surface area contributed by atoms with Crippen molar-refractivity contribution in [2.24, 2.45) is 5.41 Å². The third-order valence-corrected chi connectivity index (χ3v) is 3.71. The van der Waals surface area contributed by atoms with E-state index in [0.29, 0.717) is 0 Å². The van der Waals surface area contributed by atoms with E-state index in [2.05, 4.69) is 46.9 Å². The van der Waals surface area contributed by atoms with Crippen LogP contribution in [-0.2, 0) is 4.43 Å². The molecule has 96 valence electrons. The predicted octanol–water partition coefficient (Wildman–Crippen LogP) is 3.66. The molecule has 1 aromatic rings. The van der Waals surface area contributed by atoms with Crippen LogP contribution in [-0.4, -0.2) is 9.04 Å². The molecule has 0 radical (unpaired) electrons. The van der Waals surface area contributed by atoms with Crippen LogP contribution in [0, 0.1) is 12.3 Å². The minimum atomic E-state index is -1.08. The summed E-state index contributed by atoms with van der Waals surface area (Å²) in [6, 6.07) is 6.10. The number of rotatable bonds is 3. The molecule has 2 nitrogen and oxygen atoms in total. The molecule has 1 aromatic carbocycles. The lowest BCUT2D eigenvalue weighted by Gasteiger charge is -2.34. The van der Waals surface area contributed by atoms with E-state index in [4.69, 9.17) is 10.2 Å². The molecule has 0 aliphatic carbocycles. The second-order valence-electron chi connectivity index (χ2n) is 5.99. The average molecular weight is 251 g/mol. The van der Waals surface area contributed by atoms with Crippen molar-refractivity contribution < 1.29 is 4.43 Å². The van der Waals surface area contributed by atoms with Crippen LogP contribution in [0.4, 0.5) is 5.69 Å². The zero-order valence-corrected chi connectivity index (χ0v) is 13.0. The molecule has 0 fully saturated rings. The maximum absolute atomic E-state index is 6.22. The van der Waals surface area contributed by atoms with Crippen molar-refractivity contribution in [1.29, 1.82) is 0 Å². The molecule has 0 aliphatic heterocycles. The van der Waals surface area contributed by atoms with Gasteiger partial charge in [-0.1, -0.05) is 32.9 Å². The molecule has 1 atom stereocenters. The summed E-state index contributed by atoms with van der Waals surface area (Å²) in [7, 11) is -1.08. The van der Waals surface area contributed by atoms with E-state index in [-0.39, 0.29) is 11.5 Å². The summed E-state index contributed by atoms with van der Waals surface area (Å²) in [5.74, 6) is 0. The molecular formula is C14H25NOSi. The van der Waals surface area contributed by atoms with Gasteiger partial charge in [-0.3, -0.25) is 0 Å².